The molecule has 0 bridgehead atoms. The van der Waals surface area contributed by atoms with Gasteiger partial charge in [0.1, 0.15) is 0 Å². The van der Waals surface area contributed by atoms with Crippen molar-refractivity contribution in [1.82, 2.24) is 5.32 Å². The molecule has 170 valence electrons. The Morgan fingerprint density at radius 2 is 1.78 bits per heavy atom. The van der Waals surface area contributed by atoms with Crippen LogP contribution >= 0.6 is 0 Å². The van der Waals surface area contributed by atoms with E-state index in [-0.39, 0.29) is 24.5 Å². The average molecular weight is 439 g/mol. The molecular weight excluding hydrogens is 408 g/mol. The molecule has 2 saturated heterocycles. The number of anilines is 3. The maximum Gasteiger partial charge on any atom is 0.253 e. The number of hydrogen-bond donors (Lipinski definition) is 3. The van der Waals surface area contributed by atoms with Gasteiger partial charge in [-0.15, -0.1) is 0 Å². The number of amides is 2. The Bertz CT molecular complexity index is 906. The number of nitrogens with zero attached hydrogens (tertiary/aromatic N) is 1. The molecule has 2 amide bonds. The maximum absolute atomic E-state index is 12.6. The molecule has 2 heterocycles. The number of morpholine rings is 1. The molecular formula is C24H30N4O4. The predicted molar refractivity (Wildman–Crippen MR) is 124 cm³/mol. The third-order valence-corrected chi connectivity index (χ3v) is 5.65. The smallest absolute Gasteiger partial charge is 0.253 e. The molecule has 32 heavy (non-hydrogen) atoms. The van der Waals surface area contributed by atoms with Crippen LogP contribution in [0.4, 0.5) is 17.1 Å². The number of para-hydroxylation sites is 1. The molecule has 0 saturated carbocycles. The van der Waals surface area contributed by atoms with E-state index in [1.54, 1.807) is 12.1 Å². The zero-order chi connectivity index (χ0) is 22.2. The second-order valence-electron chi connectivity index (χ2n) is 7.94. The number of carbonyl (C=O) groups is 2. The van der Waals surface area contributed by atoms with Gasteiger partial charge in [-0.3, -0.25) is 9.59 Å². The summed E-state index contributed by atoms with van der Waals surface area (Å²) in [7, 11) is 0. The summed E-state index contributed by atoms with van der Waals surface area (Å²) in [5, 5.41) is 8.90. The molecule has 2 fully saturated rings. The van der Waals surface area contributed by atoms with Gasteiger partial charge in [0.2, 0.25) is 5.91 Å². The SMILES string of the molecule is O=C(CNc1ccccc1C(=O)NCC1CCCO1)Nc1ccc(N2CCOCC2)cc1. The first-order valence-corrected chi connectivity index (χ1v) is 11.1. The number of ether oxygens (including phenoxy) is 2. The first-order valence-electron chi connectivity index (χ1n) is 11.1. The molecule has 1 unspecified atom stereocenters. The lowest BCUT2D eigenvalue weighted by Gasteiger charge is -2.28. The molecule has 8 heteroatoms. The zero-order valence-corrected chi connectivity index (χ0v) is 18.1. The normalized spacial score (nSPS) is 18.2. The van der Waals surface area contributed by atoms with Crippen LogP contribution in [0.2, 0.25) is 0 Å². The Hall–Kier alpha value is -3.10. The van der Waals surface area contributed by atoms with E-state index in [1.165, 1.54) is 0 Å². The van der Waals surface area contributed by atoms with E-state index in [0.29, 0.717) is 17.8 Å². The minimum atomic E-state index is -0.182. The van der Waals surface area contributed by atoms with Gasteiger partial charge in [-0.25, -0.2) is 0 Å². The lowest BCUT2D eigenvalue weighted by Crippen LogP contribution is -2.36. The fourth-order valence-electron chi connectivity index (χ4n) is 3.90. The van der Waals surface area contributed by atoms with Crippen molar-refractivity contribution in [2.75, 3.05) is 61.5 Å². The van der Waals surface area contributed by atoms with Crippen LogP contribution in [-0.2, 0) is 14.3 Å². The lowest BCUT2D eigenvalue weighted by molar-refractivity contribution is -0.114. The Balaban J connectivity index is 1.27. The Morgan fingerprint density at radius 3 is 2.53 bits per heavy atom. The van der Waals surface area contributed by atoms with E-state index >= 15 is 0 Å². The van der Waals surface area contributed by atoms with Gasteiger partial charge in [0.25, 0.3) is 5.91 Å². The predicted octanol–water partition coefficient (Wildman–Crippen LogP) is 2.48. The Morgan fingerprint density at radius 1 is 1.00 bits per heavy atom. The summed E-state index contributed by atoms with van der Waals surface area (Å²) in [6, 6.07) is 15.0. The summed E-state index contributed by atoms with van der Waals surface area (Å²) in [5.74, 6) is -0.360. The van der Waals surface area contributed by atoms with Crippen molar-refractivity contribution in [2.24, 2.45) is 0 Å². The van der Waals surface area contributed by atoms with Gasteiger partial charge >= 0.3 is 0 Å². The third-order valence-electron chi connectivity index (χ3n) is 5.65. The van der Waals surface area contributed by atoms with Gasteiger partial charge in [-0.05, 0) is 49.2 Å². The third kappa shape index (κ3) is 5.99. The highest BCUT2D eigenvalue weighted by Crippen LogP contribution is 2.19. The fraction of sp³-hybridized carbons (Fsp3) is 0.417. The molecule has 3 N–H and O–H groups in total. The van der Waals surface area contributed by atoms with Gasteiger partial charge in [-0.2, -0.15) is 0 Å². The van der Waals surface area contributed by atoms with E-state index in [9.17, 15) is 9.59 Å². The van der Waals surface area contributed by atoms with E-state index in [1.807, 2.05) is 36.4 Å². The summed E-state index contributed by atoms with van der Waals surface area (Å²) in [6.07, 6.45) is 2.08. The molecule has 2 aromatic carbocycles. The van der Waals surface area contributed by atoms with Gasteiger partial charge < -0.3 is 30.3 Å². The average Bonchev–Trinajstić information content (AvgIpc) is 3.36. The van der Waals surface area contributed by atoms with Crippen LogP contribution in [0.3, 0.4) is 0 Å². The van der Waals surface area contributed by atoms with Crippen molar-refractivity contribution < 1.29 is 19.1 Å². The molecule has 8 nitrogen and oxygen atoms in total. The van der Waals surface area contributed by atoms with Gasteiger partial charge in [0.05, 0.1) is 31.4 Å². The number of benzene rings is 2. The van der Waals surface area contributed by atoms with Crippen molar-refractivity contribution in [3.05, 3.63) is 54.1 Å². The number of carbonyl (C=O) groups excluding carboxylic acids is 2. The molecule has 0 aromatic heterocycles. The highest BCUT2D eigenvalue weighted by Gasteiger charge is 2.18. The minimum absolute atomic E-state index is 0.0568. The zero-order valence-electron chi connectivity index (χ0n) is 18.1. The Kier molecular flexibility index (Phi) is 7.58. The maximum atomic E-state index is 12.6. The number of rotatable bonds is 8. The largest absolute Gasteiger partial charge is 0.378 e. The first-order chi connectivity index (χ1) is 15.7. The molecule has 2 aliphatic heterocycles. The van der Waals surface area contributed by atoms with Crippen LogP contribution in [0.25, 0.3) is 0 Å². The first kappa shape index (κ1) is 22.1. The molecule has 2 aromatic rings. The molecule has 1 atom stereocenters. The lowest BCUT2D eigenvalue weighted by atomic mass is 10.1. The van der Waals surface area contributed by atoms with E-state index in [2.05, 4.69) is 20.9 Å². The molecule has 0 radical (unpaired) electrons. The molecule has 4 rings (SSSR count). The van der Waals surface area contributed by atoms with Crippen LogP contribution < -0.4 is 20.9 Å². The summed E-state index contributed by atoms with van der Waals surface area (Å²) in [6.45, 7) is 4.52. The highest BCUT2D eigenvalue weighted by atomic mass is 16.5. The van der Waals surface area contributed by atoms with E-state index in [0.717, 1.165) is 57.1 Å². The van der Waals surface area contributed by atoms with Gasteiger partial charge in [0, 0.05) is 43.3 Å². The van der Waals surface area contributed by atoms with Crippen molar-refractivity contribution in [1.29, 1.82) is 0 Å². The van der Waals surface area contributed by atoms with Crippen molar-refractivity contribution >= 4 is 28.9 Å². The van der Waals surface area contributed by atoms with E-state index in [4.69, 9.17) is 9.47 Å². The van der Waals surface area contributed by atoms with Crippen LogP contribution in [0.5, 0.6) is 0 Å². The van der Waals surface area contributed by atoms with Gasteiger partial charge in [-0.1, -0.05) is 12.1 Å². The fourth-order valence-corrected chi connectivity index (χ4v) is 3.90. The summed E-state index contributed by atoms with van der Waals surface area (Å²) in [5.41, 5.74) is 2.98. The summed E-state index contributed by atoms with van der Waals surface area (Å²) < 4.78 is 10.9. The summed E-state index contributed by atoms with van der Waals surface area (Å²) in [4.78, 5) is 27.3. The van der Waals surface area contributed by atoms with Crippen LogP contribution in [0.15, 0.2) is 48.5 Å². The number of hydrogen-bond acceptors (Lipinski definition) is 6. The number of nitrogens with one attached hydrogen (secondary N) is 3. The van der Waals surface area contributed by atoms with E-state index < -0.39 is 0 Å². The Labute approximate surface area is 188 Å². The van der Waals surface area contributed by atoms with Crippen LogP contribution in [0, 0.1) is 0 Å². The molecule has 2 aliphatic rings. The van der Waals surface area contributed by atoms with Crippen LogP contribution in [0.1, 0.15) is 23.2 Å². The van der Waals surface area contributed by atoms with Gasteiger partial charge in [0.15, 0.2) is 0 Å². The molecule has 0 spiro atoms. The topological polar surface area (TPSA) is 91.9 Å². The standard InChI is InChI=1S/C24H30N4O4/c29-23(27-18-7-9-19(10-8-18)28-11-14-31-15-12-28)17-25-22-6-2-1-5-21(22)24(30)26-16-20-4-3-13-32-20/h1-2,5-10,20,25H,3-4,11-17H2,(H,26,30)(H,27,29). The second kappa shape index (κ2) is 11.0. The van der Waals surface area contributed by atoms with Crippen molar-refractivity contribution in [3.63, 3.8) is 0 Å². The summed E-state index contributed by atoms with van der Waals surface area (Å²) >= 11 is 0. The van der Waals surface area contributed by atoms with Crippen molar-refractivity contribution in [2.45, 2.75) is 18.9 Å². The molecule has 0 aliphatic carbocycles. The minimum Gasteiger partial charge on any atom is -0.378 e. The quantitative estimate of drug-likeness (QED) is 0.587. The van der Waals surface area contributed by atoms with Crippen molar-refractivity contribution in [3.8, 4) is 0 Å². The highest BCUT2D eigenvalue weighted by molar-refractivity contribution is 6.01. The second-order valence-corrected chi connectivity index (χ2v) is 7.94. The van der Waals surface area contributed by atoms with Crippen LogP contribution in [-0.4, -0.2) is 63.9 Å². The monoisotopic (exact) mass is 438 g/mol.